The molecule has 3 fully saturated rings. The van der Waals surface area contributed by atoms with E-state index in [1.807, 2.05) is 0 Å². The van der Waals surface area contributed by atoms with Crippen molar-refractivity contribution in [3.63, 3.8) is 0 Å². The van der Waals surface area contributed by atoms with Crippen molar-refractivity contribution < 1.29 is 36.9 Å². The van der Waals surface area contributed by atoms with Gasteiger partial charge in [0.25, 0.3) is 11.8 Å². The molecule has 0 spiro atoms. The second-order valence-corrected chi connectivity index (χ2v) is 8.08. The summed E-state index contributed by atoms with van der Waals surface area (Å²) >= 11 is 0. The molecule has 0 aromatic heterocycles. The maximum absolute atomic E-state index is 12.9. The zero-order valence-electron chi connectivity index (χ0n) is 12.6. The van der Waals surface area contributed by atoms with E-state index in [4.69, 9.17) is 4.28 Å². The van der Waals surface area contributed by atoms with Crippen LogP contribution in [0.4, 0.5) is 4.39 Å². The summed E-state index contributed by atoms with van der Waals surface area (Å²) in [5.41, 5.74) is 0. The van der Waals surface area contributed by atoms with E-state index in [0.717, 1.165) is 24.3 Å². The first kappa shape index (κ1) is 16.6. The van der Waals surface area contributed by atoms with E-state index in [1.165, 1.54) is 0 Å². The average molecular weight is 371 g/mol. The van der Waals surface area contributed by atoms with Gasteiger partial charge in [0.2, 0.25) is 0 Å². The van der Waals surface area contributed by atoms with Crippen LogP contribution in [0.15, 0.2) is 29.2 Å². The number of halogens is 1. The Hall–Kier alpha value is -1.88. The highest BCUT2D eigenvalue weighted by Crippen LogP contribution is 2.56. The number of hydrogen-bond donors (Lipinski definition) is 2. The highest BCUT2D eigenvalue weighted by Gasteiger charge is 2.68. The monoisotopic (exact) mass is 371 g/mol. The van der Waals surface area contributed by atoms with Crippen molar-refractivity contribution in [2.45, 2.75) is 23.5 Å². The molecular weight excluding hydrogens is 357 g/mol. The molecule has 1 heterocycles. The topological polar surface area (TPSA) is 121 Å². The van der Waals surface area contributed by atoms with Crippen LogP contribution in [0.2, 0.25) is 0 Å². The van der Waals surface area contributed by atoms with Crippen molar-refractivity contribution in [2.24, 2.45) is 23.7 Å². The second-order valence-electron chi connectivity index (χ2n) is 6.55. The van der Waals surface area contributed by atoms with Crippen LogP contribution in [0, 0.1) is 29.5 Å². The summed E-state index contributed by atoms with van der Waals surface area (Å²) in [5, 5.41) is 20.1. The molecular formula is C15H14FNO7S. The number of hydroxylamine groups is 2. The van der Waals surface area contributed by atoms with Crippen molar-refractivity contribution in [2.75, 3.05) is 0 Å². The van der Waals surface area contributed by atoms with Crippen molar-refractivity contribution in [3.8, 4) is 0 Å². The summed E-state index contributed by atoms with van der Waals surface area (Å²) in [6.45, 7) is 0. The normalized spacial score (nSPS) is 37.0. The number of hydrogen-bond acceptors (Lipinski definition) is 7. The third-order valence-electron chi connectivity index (χ3n) is 5.33. The number of nitrogens with zero attached hydrogens (tertiary/aromatic N) is 1. The Morgan fingerprint density at radius 1 is 1.00 bits per heavy atom. The van der Waals surface area contributed by atoms with Crippen molar-refractivity contribution in [3.05, 3.63) is 30.1 Å². The molecule has 10 heteroatoms. The van der Waals surface area contributed by atoms with Crippen LogP contribution >= 0.6 is 0 Å². The highest BCUT2D eigenvalue weighted by atomic mass is 32.2. The largest absolute Gasteiger partial charge is 0.390 e. The molecule has 1 aromatic rings. The molecule has 6 atom stereocenters. The molecule has 4 rings (SSSR count). The molecule has 2 amide bonds. The van der Waals surface area contributed by atoms with Gasteiger partial charge in [-0.25, -0.2) is 4.39 Å². The molecule has 2 saturated carbocycles. The van der Waals surface area contributed by atoms with Crippen LogP contribution in [0.5, 0.6) is 0 Å². The molecule has 134 valence electrons. The molecule has 2 N–H and O–H groups in total. The predicted octanol–water partition coefficient (Wildman–Crippen LogP) is -0.581. The molecule has 3 aliphatic rings. The smallest absolute Gasteiger partial charge is 0.318 e. The SMILES string of the molecule is O=C1C2C3CC(C(O)C3O)C2C(=O)N1OS(=O)(=O)c1ccc(F)cc1. The Morgan fingerprint density at radius 2 is 1.48 bits per heavy atom. The van der Waals surface area contributed by atoms with E-state index < -0.39 is 68.5 Å². The van der Waals surface area contributed by atoms with Crippen molar-refractivity contribution in [1.29, 1.82) is 0 Å². The minimum absolute atomic E-state index is 0.192. The lowest BCUT2D eigenvalue weighted by Crippen LogP contribution is -2.43. The molecule has 1 aromatic carbocycles. The van der Waals surface area contributed by atoms with E-state index >= 15 is 0 Å². The minimum atomic E-state index is -4.51. The third kappa shape index (κ3) is 2.25. The average Bonchev–Trinajstić information content (AvgIpc) is 3.16. The lowest BCUT2D eigenvalue weighted by molar-refractivity contribution is -0.166. The van der Waals surface area contributed by atoms with Crippen LogP contribution in [-0.2, 0) is 24.0 Å². The molecule has 25 heavy (non-hydrogen) atoms. The number of carbonyl (C=O) groups excluding carboxylic acids is 2. The highest BCUT2D eigenvalue weighted by molar-refractivity contribution is 7.86. The van der Waals surface area contributed by atoms with E-state index in [2.05, 4.69) is 0 Å². The zero-order valence-corrected chi connectivity index (χ0v) is 13.5. The standard InChI is InChI=1S/C15H14FNO7S/c16-6-1-3-7(4-2-6)25(22,23)24-17-14(20)10-8-5-9(11(10)15(17)21)13(19)12(8)18/h1-4,8-13,18-19H,5H2. The summed E-state index contributed by atoms with van der Waals surface area (Å²) in [6, 6.07) is 3.72. The number of imide groups is 1. The Bertz CT molecular complexity index is 823. The van der Waals surface area contributed by atoms with E-state index in [-0.39, 0.29) is 5.06 Å². The second kappa shape index (κ2) is 5.31. The first-order valence-corrected chi connectivity index (χ1v) is 9.07. The first-order chi connectivity index (χ1) is 11.7. The fraction of sp³-hybridized carbons (Fsp3) is 0.467. The van der Waals surface area contributed by atoms with E-state index in [0.29, 0.717) is 6.42 Å². The molecule has 2 aliphatic carbocycles. The zero-order chi connectivity index (χ0) is 18.1. The number of fused-ring (bicyclic) bond motifs is 5. The van der Waals surface area contributed by atoms with Crippen LogP contribution in [0.25, 0.3) is 0 Å². The van der Waals surface area contributed by atoms with Gasteiger partial charge < -0.3 is 10.2 Å². The fourth-order valence-corrected chi connectivity index (χ4v) is 5.12. The quantitative estimate of drug-likeness (QED) is 0.682. The lowest BCUT2D eigenvalue weighted by atomic mass is 9.78. The van der Waals surface area contributed by atoms with Gasteiger partial charge in [-0.15, -0.1) is 9.35 Å². The van der Waals surface area contributed by atoms with Gasteiger partial charge >= 0.3 is 10.1 Å². The van der Waals surface area contributed by atoms with Gasteiger partial charge in [0, 0.05) is 11.8 Å². The Kier molecular flexibility index (Phi) is 3.52. The van der Waals surface area contributed by atoms with Gasteiger partial charge in [0.05, 0.1) is 28.9 Å². The first-order valence-electron chi connectivity index (χ1n) is 7.66. The molecule has 2 bridgehead atoms. The summed E-state index contributed by atoms with van der Waals surface area (Å²) in [7, 11) is -4.51. The van der Waals surface area contributed by atoms with Gasteiger partial charge in [-0.3, -0.25) is 9.59 Å². The molecule has 8 nitrogen and oxygen atoms in total. The third-order valence-corrected chi connectivity index (χ3v) is 6.52. The van der Waals surface area contributed by atoms with E-state index in [1.54, 1.807) is 0 Å². The number of benzene rings is 1. The van der Waals surface area contributed by atoms with Crippen LogP contribution in [-0.4, -0.2) is 47.7 Å². The van der Waals surface area contributed by atoms with E-state index in [9.17, 15) is 32.6 Å². The summed E-state index contributed by atoms with van der Waals surface area (Å²) in [5.74, 6) is -5.37. The minimum Gasteiger partial charge on any atom is -0.390 e. The number of rotatable bonds is 3. The maximum atomic E-state index is 12.9. The Balaban J connectivity index is 1.61. The predicted molar refractivity (Wildman–Crippen MR) is 77.1 cm³/mol. The summed E-state index contributed by atoms with van der Waals surface area (Å²) in [6.07, 6.45) is -1.93. The Morgan fingerprint density at radius 3 is 1.96 bits per heavy atom. The van der Waals surface area contributed by atoms with Crippen molar-refractivity contribution in [1.82, 2.24) is 5.06 Å². The van der Waals surface area contributed by atoms with Crippen molar-refractivity contribution >= 4 is 21.9 Å². The summed E-state index contributed by atoms with van der Waals surface area (Å²) < 4.78 is 42.1. The van der Waals surface area contributed by atoms with Crippen LogP contribution in [0.1, 0.15) is 6.42 Å². The van der Waals surface area contributed by atoms with Gasteiger partial charge in [0.1, 0.15) is 5.82 Å². The van der Waals surface area contributed by atoms with Gasteiger partial charge in [0.15, 0.2) is 0 Å². The number of amides is 2. The molecule has 6 unspecified atom stereocenters. The molecule has 0 radical (unpaired) electrons. The van der Waals surface area contributed by atoms with Gasteiger partial charge in [-0.2, -0.15) is 8.42 Å². The van der Waals surface area contributed by atoms with Gasteiger partial charge in [-0.1, -0.05) is 0 Å². The van der Waals surface area contributed by atoms with Crippen LogP contribution < -0.4 is 0 Å². The van der Waals surface area contributed by atoms with Crippen LogP contribution in [0.3, 0.4) is 0 Å². The Labute approximate surface area is 141 Å². The number of aliphatic hydroxyl groups is 2. The lowest BCUT2D eigenvalue weighted by Gasteiger charge is -2.28. The number of aliphatic hydroxyl groups excluding tert-OH is 2. The summed E-state index contributed by atoms with van der Waals surface area (Å²) in [4.78, 5) is 24.5. The number of carbonyl (C=O) groups is 2. The van der Waals surface area contributed by atoms with Gasteiger partial charge in [-0.05, 0) is 30.7 Å². The molecule has 1 aliphatic heterocycles. The maximum Gasteiger partial charge on any atom is 0.318 e. The fourth-order valence-electron chi connectivity index (χ4n) is 4.22. The molecule has 1 saturated heterocycles.